The van der Waals surface area contributed by atoms with Crippen molar-refractivity contribution in [2.75, 3.05) is 19.8 Å². The smallest absolute Gasteiger partial charge is 0.305 e. The molecule has 0 fully saturated rings. The van der Waals surface area contributed by atoms with Gasteiger partial charge in [-0.3, -0.25) is 9.59 Å². The molecule has 16 heavy (non-hydrogen) atoms. The fraction of sp³-hybridized carbons (Fsp3) is 0.636. The van der Waals surface area contributed by atoms with Crippen LogP contribution in [-0.4, -0.2) is 36.9 Å². The lowest BCUT2D eigenvalue weighted by molar-refractivity contribution is -0.145. The van der Waals surface area contributed by atoms with E-state index in [2.05, 4.69) is 5.92 Å². The summed E-state index contributed by atoms with van der Waals surface area (Å²) in [4.78, 5) is 21.2. The van der Waals surface area contributed by atoms with Crippen LogP contribution in [0, 0.1) is 12.3 Å². The van der Waals surface area contributed by atoms with Gasteiger partial charge in [0.05, 0.1) is 6.61 Å². The highest BCUT2D eigenvalue weighted by Crippen LogP contribution is 2.01. The second-order valence-corrected chi connectivity index (χ2v) is 3.08. The topological polar surface area (TPSA) is 72.8 Å². The minimum absolute atomic E-state index is 0.0819. The van der Waals surface area contributed by atoms with Gasteiger partial charge in [0, 0.05) is 12.8 Å². The van der Waals surface area contributed by atoms with Gasteiger partial charge in [0.1, 0.15) is 13.2 Å². The Bertz CT molecular complexity index is 254. The Morgan fingerprint density at radius 1 is 1.19 bits per heavy atom. The number of carbonyl (C=O) groups excluding carboxylic acids is 1. The summed E-state index contributed by atoms with van der Waals surface area (Å²) in [5.41, 5.74) is 0. The van der Waals surface area contributed by atoms with Crippen molar-refractivity contribution in [1.29, 1.82) is 0 Å². The highest BCUT2D eigenvalue weighted by atomic mass is 16.6. The van der Waals surface area contributed by atoms with Crippen molar-refractivity contribution in [2.24, 2.45) is 0 Å². The molecule has 5 heteroatoms. The largest absolute Gasteiger partial charge is 0.481 e. The molecule has 5 nitrogen and oxygen atoms in total. The van der Waals surface area contributed by atoms with Gasteiger partial charge in [0.25, 0.3) is 0 Å². The van der Waals surface area contributed by atoms with Crippen LogP contribution in [0.15, 0.2) is 0 Å². The third-order valence-corrected chi connectivity index (χ3v) is 1.70. The molecular weight excluding hydrogens is 212 g/mol. The monoisotopic (exact) mass is 228 g/mol. The van der Waals surface area contributed by atoms with Crippen molar-refractivity contribution in [3.63, 3.8) is 0 Å². The summed E-state index contributed by atoms with van der Waals surface area (Å²) in [6, 6.07) is 0. The fourth-order valence-electron chi connectivity index (χ4n) is 0.963. The SMILES string of the molecule is C#CCOCCOC(=O)CCCCC(=O)O. The molecule has 90 valence electrons. The van der Waals surface area contributed by atoms with E-state index < -0.39 is 5.97 Å². The Labute approximate surface area is 94.7 Å². The summed E-state index contributed by atoms with van der Waals surface area (Å²) in [5, 5.41) is 8.35. The molecule has 0 aromatic heterocycles. The van der Waals surface area contributed by atoms with Crippen LogP contribution in [0.1, 0.15) is 25.7 Å². The second kappa shape index (κ2) is 9.99. The first-order chi connectivity index (χ1) is 7.66. The summed E-state index contributed by atoms with van der Waals surface area (Å²) in [5.74, 6) is 1.10. The van der Waals surface area contributed by atoms with Crippen molar-refractivity contribution in [3.8, 4) is 12.3 Å². The zero-order valence-electron chi connectivity index (χ0n) is 9.11. The van der Waals surface area contributed by atoms with Gasteiger partial charge in [0.2, 0.25) is 0 Å². The van der Waals surface area contributed by atoms with Gasteiger partial charge in [0.15, 0.2) is 0 Å². The van der Waals surface area contributed by atoms with E-state index in [0.717, 1.165) is 0 Å². The van der Waals surface area contributed by atoms with Crippen LogP contribution in [0.2, 0.25) is 0 Å². The zero-order valence-corrected chi connectivity index (χ0v) is 9.11. The van der Waals surface area contributed by atoms with Gasteiger partial charge in [-0.1, -0.05) is 5.92 Å². The first-order valence-corrected chi connectivity index (χ1v) is 5.05. The Morgan fingerprint density at radius 2 is 1.88 bits per heavy atom. The average molecular weight is 228 g/mol. The van der Waals surface area contributed by atoms with Crippen LogP contribution < -0.4 is 0 Å². The third kappa shape index (κ3) is 10.5. The highest BCUT2D eigenvalue weighted by molar-refractivity contribution is 5.69. The van der Waals surface area contributed by atoms with E-state index in [-0.39, 0.29) is 38.6 Å². The number of carboxylic acids is 1. The molecule has 0 aliphatic carbocycles. The number of carboxylic acid groups (broad SMARTS) is 1. The molecule has 0 aromatic rings. The van der Waals surface area contributed by atoms with Crippen LogP contribution in [0.3, 0.4) is 0 Å². The summed E-state index contributed by atoms with van der Waals surface area (Å²) >= 11 is 0. The number of unbranched alkanes of at least 4 members (excludes halogenated alkanes) is 1. The second-order valence-electron chi connectivity index (χ2n) is 3.08. The molecule has 0 spiro atoms. The quantitative estimate of drug-likeness (QED) is 0.359. The number of hydrogen-bond donors (Lipinski definition) is 1. The lowest BCUT2D eigenvalue weighted by Gasteiger charge is -2.03. The van der Waals surface area contributed by atoms with Crippen molar-refractivity contribution in [3.05, 3.63) is 0 Å². The Balaban J connectivity index is 3.25. The molecule has 0 saturated carbocycles. The summed E-state index contributed by atoms with van der Waals surface area (Å²) < 4.78 is 9.71. The molecule has 0 unspecified atom stereocenters. The predicted molar refractivity (Wildman–Crippen MR) is 56.7 cm³/mol. The third-order valence-electron chi connectivity index (χ3n) is 1.70. The van der Waals surface area contributed by atoms with E-state index in [0.29, 0.717) is 12.8 Å². The molecule has 0 bridgehead atoms. The van der Waals surface area contributed by atoms with Crippen LogP contribution >= 0.6 is 0 Å². The maximum atomic E-state index is 11.1. The molecule has 1 N–H and O–H groups in total. The minimum Gasteiger partial charge on any atom is -0.481 e. The van der Waals surface area contributed by atoms with Crippen LogP contribution in [0.5, 0.6) is 0 Å². The number of rotatable bonds is 9. The van der Waals surface area contributed by atoms with E-state index in [1.54, 1.807) is 0 Å². The maximum absolute atomic E-state index is 11.1. The Kier molecular flexibility index (Phi) is 9.03. The van der Waals surface area contributed by atoms with Crippen molar-refractivity contribution in [1.82, 2.24) is 0 Å². The number of carbonyl (C=O) groups is 2. The van der Waals surface area contributed by atoms with Gasteiger partial charge >= 0.3 is 11.9 Å². The Hall–Kier alpha value is -1.54. The number of ether oxygens (including phenoxy) is 2. The standard InChI is InChI=1S/C11H16O5/c1-2-7-15-8-9-16-11(14)6-4-3-5-10(12)13/h1H,3-9H2,(H,12,13). The number of esters is 1. The molecule has 0 radical (unpaired) electrons. The highest BCUT2D eigenvalue weighted by Gasteiger charge is 2.03. The van der Waals surface area contributed by atoms with E-state index in [1.165, 1.54) is 0 Å². The van der Waals surface area contributed by atoms with E-state index in [4.69, 9.17) is 21.0 Å². The van der Waals surface area contributed by atoms with Gasteiger partial charge in [-0.2, -0.15) is 0 Å². The number of terminal acetylenes is 1. The predicted octanol–water partition coefficient (Wildman–Crippen LogP) is 0.824. The molecule has 0 aliphatic rings. The van der Waals surface area contributed by atoms with E-state index in [9.17, 15) is 9.59 Å². The fourth-order valence-corrected chi connectivity index (χ4v) is 0.963. The molecule has 0 aromatic carbocycles. The molecule has 0 atom stereocenters. The molecule has 0 heterocycles. The van der Waals surface area contributed by atoms with Gasteiger partial charge in [-0.25, -0.2) is 0 Å². The normalized spacial score (nSPS) is 9.44. The first-order valence-electron chi connectivity index (χ1n) is 5.05. The van der Waals surface area contributed by atoms with E-state index >= 15 is 0 Å². The average Bonchev–Trinajstić information content (AvgIpc) is 2.24. The number of aliphatic carboxylic acids is 1. The van der Waals surface area contributed by atoms with Gasteiger partial charge in [-0.05, 0) is 12.8 Å². The van der Waals surface area contributed by atoms with E-state index in [1.807, 2.05) is 0 Å². The summed E-state index contributed by atoms with van der Waals surface area (Å²) in [7, 11) is 0. The van der Waals surface area contributed by atoms with Crippen LogP contribution in [-0.2, 0) is 19.1 Å². The number of hydrogen-bond acceptors (Lipinski definition) is 4. The molecule has 0 aliphatic heterocycles. The van der Waals surface area contributed by atoms with Gasteiger partial charge < -0.3 is 14.6 Å². The molecule has 0 rings (SSSR count). The molecular formula is C11H16O5. The zero-order chi connectivity index (χ0) is 12.2. The first kappa shape index (κ1) is 14.5. The van der Waals surface area contributed by atoms with Crippen molar-refractivity contribution >= 4 is 11.9 Å². The minimum atomic E-state index is -0.851. The maximum Gasteiger partial charge on any atom is 0.305 e. The summed E-state index contributed by atoms with van der Waals surface area (Å²) in [6.45, 7) is 0.667. The van der Waals surface area contributed by atoms with Crippen LogP contribution in [0.4, 0.5) is 0 Å². The molecule has 0 saturated heterocycles. The lowest BCUT2D eigenvalue weighted by Crippen LogP contribution is -2.10. The van der Waals surface area contributed by atoms with Crippen molar-refractivity contribution in [2.45, 2.75) is 25.7 Å². The van der Waals surface area contributed by atoms with Gasteiger partial charge in [-0.15, -0.1) is 6.42 Å². The molecule has 0 amide bonds. The Morgan fingerprint density at radius 3 is 2.50 bits per heavy atom. The van der Waals surface area contributed by atoms with Crippen LogP contribution in [0.25, 0.3) is 0 Å². The summed E-state index contributed by atoms with van der Waals surface area (Å²) in [6.07, 6.45) is 6.27. The lowest BCUT2D eigenvalue weighted by atomic mass is 10.2. The van der Waals surface area contributed by atoms with Crippen molar-refractivity contribution < 1.29 is 24.2 Å².